The summed E-state index contributed by atoms with van der Waals surface area (Å²) in [5.74, 6) is -2.89. The molecule has 0 saturated carbocycles. The second-order valence-corrected chi connectivity index (χ2v) is 6.46. The highest BCUT2D eigenvalue weighted by Crippen LogP contribution is 2.16. The standard InChI is InChI=1S/C20H24N4O7/c1-14(26)18(20(29)30-2)31-17(27)8-12-23(11-5-13-25)19(28)15-6-3-4-7-16(15)24-21-9-10-22-24/h3-4,6-7,9-10,18,25H,5,8,11-13H2,1-2H3. The summed E-state index contributed by atoms with van der Waals surface area (Å²) < 4.78 is 9.37. The van der Waals surface area contributed by atoms with Crippen LogP contribution in [0.25, 0.3) is 5.69 Å². The first-order valence-electron chi connectivity index (χ1n) is 9.52. The largest absolute Gasteiger partial charge is 0.466 e. The Bertz CT molecular complexity index is 914. The highest BCUT2D eigenvalue weighted by Gasteiger charge is 2.29. The number of rotatable bonds is 11. The van der Waals surface area contributed by atoms with Gasteiger partial charge in [0.2, 0.25) is 0 Å². The van der Waals surface area contributed by atoms with E-state index < -0.39 is 29.7 Å². The molecule has 11 heteroatoms. The number of ketones is 1. The minimum Gasteiger partial charge on any atom is -0.466 e. The summed E-state index contributed by atoms with van der Waals surface area (Å²) in [4.78, 5) is 51.1. The molecule has 0 aliphatic heterocycles. The van der Waals surface area contributed by atoms with Gasteiger partial charge in [0.15, 0.2) is 5.78 Å². The summed E-state index contributed by atoms with van der Waals surface area (Å²) >= 11 is 0. The van der Waals surface area contributed by atoms with Crippen molar-refractivity contribution in [2.45, 2.75) is 25.9 Å². The van der Waals surface area contributed by atoms with Crippen LogP contribution < -0.4 is 0 Å². The van der Waals surface area contributed by atoms with Crippen molar-refractivity contribution in [3.05, 3.63) is 42.2 Å². The van der Waals surface area contributed by atoms with Crippen LogP contribution in [0.3, 0.4) is 0 Å². The zero-order chi connectivity index (χ0) is 22.8. The van der Waals surface area contributed by atoms with Gasteiger partial charge in [0.1, 0.15) is 0 Å². The first-order valence-corrected chi connectivity index (χ1v) is 9.52. The second-order valence-electron chi connectivity index (χ2n) is 6.46. The molecule has 1 aromatic heterocycles. The van der Waals surface area contributed by atoms with E-state index in [1.165, 1.54) is 22.1 Å². The van der Waals surface area contributed by atoms with E-state index in [-0.39, 0.29) is 26.1 Å². The summed E-state index contributed by atoms with van der Waals surface area (Å²) in [6.07, 6.45) is 1.34. The van der Waals surface area contributed by atoms with E-state index in [1.807, 2.05) is 0 Å². The number of amides is 1. The fourth-order valence-corrected chi connectivity index (χ4v) is 2.74. The predicted octanol–water partition coefficient (Wildman–Crippen LogP) is 0.156. The zero-order valence-corrected chi connectivity index (χ0v) is 17.3. The maximum Gasteiger partial charge on any atom is 0.355 e. The number of para-hydroxylation sites is 1. The predicted molar refractivity (Wildman–Crippen MR) is 106 cm³/mol. The van der Waals surface area contributed by atoms with E-state index in [1.54, 1.807) is 24.3 Å². The first-order chi connectivity index (χ1) is 14.9. The minimum absolute atomic E-state index is 0.0513. The Kier molecular flexibility index (Phi) is 8.82. The minimum atomic E-state index is -1.65. The third kappa shape index (κ3) is 6.44. The van der Waals surface area contributed by atoms with Crippen molar-refractivity contribution in [2.75, 3.05) is 26.8 Å². The number of nitrogens with zero attached hydrogens (tertiary/aromatic N) is 4. The highest BCUT2D eigenvalue weighted by atomic mass is 16.6. The number of ether oxygens (including phenoxy) is 2. The smallest absolute Gasteiger partial charge is 0.355 e. The lowest BCUT2D eigenvalue weighted by atomic mass is 10.1. The summed E-state index contributed by atoms with van der Waals surface area (Å²) in [5.41, 5.74) is 0.762. The highest BCUT2D eigenvalue weighted by molar-refractivity contribution is 6.02. The summed E-state index contributed by atoms with van der Waals surface area (Å²) in [5, 5.41) is 17.3. The van der Waals surface area contributed by atoms with Crippen LogP contribution in [-0.2, 0) is 23.9 Å². The first kappa shape index (κ1) is 23.7. The van der Waals surface area contributed by atoms with Gasteiger partial charge in [-0.2, -0.15) is 15.0 Å². The molecule has 1 N–H and O–H groups in total. The number of benzene rings is 1. The van der Waals surface area contributed by atoms with Crippen LogP contribution in [0.1, 0.15) is 30.1 Å². The lowest BCUT2D eigenvalue weighted by molar-refractivity contribution is -0.169. The maximum absolute atomic E-state index is 13.2. The molecule has 166 valence electrons. The topological polar surface area (TPSA) is 141 Å². The summed E-state index contributed by atoms with van der Waals surface area (Å²) in [6.45, 7) is 1.08. The molecule has 1 atom stereocenters. The third-order valence-electron chi connectivity index (χ3n) is 4.26. The van der Waals surface area contributed by atoms with Crippen molar-refractivity contribution in [1.82, 2.24) is 19.9 Å². The number of esters is 2. The van der Waals surface area contributed by atoms with Gasteiger partial charge in [-0.15, -0.1) is 0 Å². The fourth-order valence-electron chi connectivity index (χ4n) is 2.74. The van der Waals surface area contributed by atoms with Gasteiger partial charge < -0.3 is 19.5 Å². The normalized spacial score (nSPS) is 11.5. The van der Waals surface area contributed by atoms with E-state index in [9.17, 15) is 24.3 Å². The van der Waals surface area contributed by atoms with Gasteiger partial charge in [-0.25, -0.2) is 4.79 Å². The molecule has 0 radical (unpaired) electrons. The van der Waals surface area contributed by atoms with Crippen LogP contribution in [0.15, 0.2) is 36.7 Å². The molecule has 11 nitrogen and oxygen atoms in total. The van der Waals surface area contributed by atoms with Crippen molar-refractivity contribution in [3.8, 4) is 5.69 Å². The number of hydrogen-bond acceptors (Lipinski definition) is 9. The van der Waals surface area contributed by atoms with E-state index in [0.29, 0.717) is 17.7 Å². The van der Waals surface area contributed by atoms with Crippen LogP contribution in [0.5, 0.6) is 0 Å². The fraction of sp³-hybridized carbons (Fsp3) is 0.400. The van der Waals surface area contributed by atoms with Gasteiger partial charge in [-0.05, 0) is 25.5 Å². The molecule has 2 rings (SSSR count). The average molecular weight is 432 g/mol. The van der Waals surface area contributed by atoms with Crippen molar-refractivity contribution in [2.24, 2.45) is 0 Å². The second kappa shape index (κ2) is 11.6. The number of carbonyl (C=O) groups is 4. The van der Waals surface area contributed by atoms with Crippen LogP contribution in [0.2, 0.25) is 0 Å². The number of aromatic nitrogens is 3. The molecule has 1 heterocycles. The van der Waals surface area contributed by atoms with E-state index in [0.717, 1.165) is 14.0 Å². The quantitative estimate of drug-likeness (QED) is 0.388. The summed E-state index contributed by atoms with van der Waals surface area (Å²) in [6, 6.07) is 6.71. The molecular formula is C20H24N4O7. The molecule has 2 aromatic rings. The molecule has 0 aliphatic rings. The van der Waals surface area contributed by atoms with Gasteiger partial charge in [0, 0.05) is 19.7 Å². The number of methoxy groups -OCH3 is 1. The van der Waals surface area contributed by atoms with Gasteiger partial charge in [0.25, 0.3) is 12.0 Å². The molecule has 1 unspecified atom stereocenters. The van der Waals surface area contributed by atoms with Gasteiger partial charge in [-0.1, -0.05) is 12.1 Å². The summed E-state index contributed by atoms with van der Waals surface area (Å²) in [7, 11) is 1.08. The number of Topliss-reactive ketones (excluding diaryl/α,β-unsaturated/α-hetero) is 1. The van der Waals surface area contributed by atoms with Crippen LogP contribution in [0.4, 0.5) is 0 Å². The van der Waals surface area contributed by atoms with Crippen LogP contribution in [-0.4, -0.2) is 81.5 Å². The molecule has 0 fully saturated rings. The molecular weight excluding hydrogens is 408 g/mol. The Hall–Kier alpha value is -3.60. The van der Waals surface area contributed by atoms with Crippen molar-refractivity contribution in [1.29, 1.82) is 0 Å². The molecule has 0 spiro atoms. The average Bonchev–Trinajstić information content (AvgIpc) is 3.31. The van der Waals surface area contributed by atoms with Gasteiger partial charge in [-0.3, -0.25) is 14.4 Å². The Morgan fingerprint density at radius 1 is 1.13 bits per heavy atom. The Balaban J connectivity index is 2.14. The molecule has 31 heavy (non-hydrogen) atoms. The van der Waals surface area contributed by atoms with E-state index >= 15 is 0 Å². The molecule has 0 saturated heterocycles. The molecule has 0 aliphatic carbocycles. The maximum atomic E-state index is 13.2. The molecule has 1 amide bonds. The third-order valence-corrected chi connectivity index (χ3v) is 4.26. The lowest BCUT2D eigenvalue weighted by Gasteiger charge is -2.23. The number of aliphatic hydroxyl groups excluding tert-OH is 1. The monoisotopic (exact) mass is 432 g/mol. The van der Waals surface area contributed by atoms with E-state index in [4.69, 9.17) is 4.74 Å². The van der Waals surface area contributed by atoms with Crippen molar-refractivity contribution >= 4 is 23.6 Å². The Morgan fingerprint density at radius 2 is 1.81 bits per heavy atom. The Morgan fingerprint density at radius 3 is 2.42 bits per heavy atom. The molecule has 1 aromatic carbocycles. The Labute approximate surface area is 178 Å². The van der Waals surface area contributed by atoms with Gasteiger partial charge >= 0.3 is 11.9 Å². The molecule has 0 bridgehead atoms. The number of carbonyl (C=O) groups excluding carboxylic acids is 4. The number of aliphatic hydroxyl groups is 1. The van der Waals surface area contributed by atoms with Crippen LogP contribution >= 0.6 is 0 Å². The van der Waals surface area contributed by atoms with Gasteiger partial charge in [0.05, 0.1) is 37.2 Å². The lowest BCUT2D eigenvalue weighted by Crippen LogP contribution is -2.38. The van der Waals surface area contributed by atoms with Crippen molar-refractivity contribution in [3.63, 3.8) is 0 Å². The van der Waals surface area contributed by atoms with Crippen molar-refractivity contribution < 1.29 is 33.8 Å². The van der Waals surface area contributed by atoms with Crippen LogP contribution in [0, 0.1) is 0 Å². The number of hydrogen-bond donors (Lipinski definition) is 1. The zero-order valence-electron chi connectivity index (χ0n) is 17.3. The van der Waals surface area contributed by atoms with E-state index in [2.05, 4.69) is 14.9 Å². The SMILES string of the molecule is COC(=O)C(OC(=O)CCN(CCCO)C(=O)c1ccccc1-n1nccn1)C(C)=O.